The monoisotopic (exact) mass is 438 g/mol. The van der Waals surface area contributed by atoms with Crippen LogP contribution in [0.4, 0.5) is 10.6 Å². The predicted octanol–water partition coefficient (Wildman–Crippen LogP) is 2.74. The largest absolute Gasteiger partial charge is 0.446 e. The van der Waals surface area contributed by atoms with Crippen molar-refractivity contribution in [1.29, 1.82) is 0 Å². The van der Waals surface area contributed by atoms with E-state index in [0.29, 0.717) is 11.4 Å². The van der Waals surface area contributed by atoms with Crippen LogP contribution in [0.5, 0.6) is 0 Å². The summed E-state index contributed by atoms with van der Waals surface area (Å²) < 4.78 is 8.05. The lowest BCUT2D eigenvalue weighted by molar-refractivity contribution is -0.116. The quantitative estimate of drug-likeness (QED) is 0.585. The Balaban J connectivity index is 1.51. The van der Waals surface area contributed by atoms with E-state index < -0.39 is 6.09 Å². The molecule has 0 unspecified atom stereocenters. The second kappa shape index (κ2) is 9.90. The van der Waals surface area contributed by atoms with E-state index >= 15 is 0 Å². The Morgan fingerprint density at radius 2 is 1.94 bits per heavy atom. The fourth-order valence-electron chi connectivity index (χ4n) is 2.98. The molecule has 32 heavy (non-hydrogen) atoms. The molecule has 0 aliphatic carbocycles. The lowest BCUT2D eigenvalue weighted by atomic mass is 10.1. The Morgan fingerprint density at radius 1 is 1.16 bits per heavy atom. The molecule has 0 spiro atoms. The number of nitrogens with one attached hydrogen (secondary N) is 2. The van der Waals surface area contributed by atoms with Crippen molar-refractivity contribution < 1.29 is 19.1 Å². The molecule has 10 heteroatoms. The number of aromatic nitrogens is 4. The van der Waals surface area contributed by atoms with Crippen LogP contribution in [0.2, 0.25) is 0 Å². The highest BCUT2D eigenvalue weighted by Gasteiger charge is 2.15. The Bertz CT molecular complexity index is 1130. The summed E-state index contributed by atoms with van der Waals surface area (Å²) in [6, 6.07) is 7.19. The maximum Gasteiger partial charge on any atom is 0.419 e. The molecule has 0 aliphatic rings. The summed E-state index contributed by atoms with van der Waals surface area (Å²) in [4.78, 5) is 40.8. The number of imidazole rings is 1. The second-order valence-corrected chi connectivity index (χ2v) is 7.51. The molecule has 3 aromatic rings. The fraction of sp³-hybridized carbons (Fsp3) is 0.318. The first-order valence-electron chi connectivity index (χ1n) is 10.2. The van der Waals surface area contributed by atoms with Crippen molar-refractivity contribution in [3.63, 3.8) is 0 Å². The third-order valence-corrected chi connectivity index (χ3v) is 4.48. The molecule has 1 aromatic carbocycles. The van der Waals surface area contributed by atoms with Gasteiger partial charge in [-0.3, -0.25) is 14.3 Å². The zero-order valence-electron chi connectivity index (χ0n) is 18.5. The molecular weight excluding hydrogens is 412 g/mol. The first-order valence-corrected chi connectivity index (χ1v) is 10.2. The number of amides is 2. The Labute approximate surface area is 185 Å². The van der Waals surface area contributed by atoms with Crippen molar-refractivity contribution in [2.24, 2.45) is 7.05 Å². The number of hydrogen-bond donors (Lipinski definition) is 2. The zero-order chi connectivity index (χ0) is 23.3. The van der Waals surface area contributed by atoms with E-state index in [-0.39, 0.29) is 36.7 Å². The summed E-state index contributed by atoms with van der Waals surface area (Å²) >= 11 is 0. The average Bonchev–Trinajstić information content (AvgIpc) is 3.33. The van der Waals surface area contributed by atoms with Gasteiger partial charge in [-0.2, -0.15) is 5.10 Å². The van der Waals surface area contributed by atoms with Crippen molar-refractivity contribution in [2.75, 3.05) is 11.9 Å². The van der Waals surface area contributed by atoms with Gasteiger partial charge >= 0.3 is 6.09 Å². The SMILES string of the molecule is Cc1nc(NC(=O)CCNC(=O)c2cccc(-c3cnn(C)c3)c2)cn1C(=O)OC(C)C. The van der Waals surface area contributed by atoms with Gasteiger partial charge in [-0.1, -0.05) is 12.1 Å². The molecule has 2 amide bonds. The first-order chi connectivity index (χ1) is 15.2. The fourth-order valence-corrected chi connectivity index (χ4v) is 2.98. The van der Waals surface area contributed by atoms with Crippen LogP contribution >= 0.6 is 0 Å². The summed E-state index contributed by atoms with van der Waals surface area (Å²) in [6.07, 6.45) is 4.22. The summed E-state index contributed by atoms with van der Waals surface area (Å²) in [5.74, 6) is 0.0211. The molecule has 3 rings (SSSR count). The van der Waals surface area contributed by atoms with Crippen molar-refractivity contribution in [2.45, 2.75) is 33.3 Å². The van der Waals surface area contributed by atoms with E-state index in [1.54, 1.807) is 49.8 Å². The standard InChI is InChI=1S/C22H26N6O4/c1-14(2)32-22(31)28-13-19(25-15(28)3)26-20(29)8-9-23-21(30)17-7-5-6-16(10-17)18-11-24-27(4)12-18/h5-7,10-14H,8-9H2,1-4H3,(H,23,30)(H,26,29). The smallest absolute Gasteiger partial charge is 0.419 e. The van der Waals surface area contributed by atoms with E-state index in [1.165, 1.54) is 10.8 Å². The molecule has 0 radical (unpaired) electrons. The van der Waals surface area contributed by atoms with Crippen LogP contribution in [0.3, 0.4) is 0 Å². The van der Waals surface area contributed by atoms with Gasteiger partial charge in [0, 0.05) is 37.3 Å². The lowest BCUT2D eigenvalue weighted by Gasteiger charge is -2.08. The van der Waals surface area contributed by atoms with Crippen LogP contribution < -0.4 is 10.6 Å². The van der Waals surface area contributed by atoms with E-state index in [4.69, 9.17) is 4.74 Å². The van der Waals surface area contributed by atoms with Gasteiger partial charge in [0.2, 0.25) is 5.91 Å². The highest BCUT2D eigenvalue weighted by atomic mass is 16.6. The zero-order valence-corrected chi connectivity index (χ0v) is 18.5. The van der Waals surface area contributed by atoms with Crippen LogP contribution in [-0.4, -0.2) is 49.9 Å². The summed E-state index contributed by atoms with van der Waals surface area (Å²) in [6.45, 7) is 5.28. The molecule has 2 heterocycles. The molecule has 2 aromatic heterocycles. The summed E-state index contributed by atoms with van der Waals surface area (Å²) in [5.41, 5.74) is 2.28. The number of benzene rings is 1. The average molecular weight is 438 g/mol. The second-order valence-electron chi connectivity index (χ2n) is 7.51. The molecule has 0 aliphatic heterocycles. The number of anilines is 1. The molecule has 0 atom stereocenters. The number of nitrogens with zero attached hydrogens (tertiary/aromatic N) is 4. The molecule has 0 bridgehead atoms. The molecule has 0 saturated heterocycles. The van der Waals surface area contributed by atoms with Gasteiger partial charge in [-0.25, -0.2) is 14.3 Å². The normalized spacial score (nSPS) is 10.8. The van der Waals surface area contributed by atoms with Crippen LogP contribution in [-0.2, 0) is 16.6 Å². The minimum Gasteiger partial charge on any atom is -0.446 e. The van der Waals surface area contributed by atoms with Crippen molar-refractivity contribution in [3.8, 4) is 11.1 Å². The Kier molecular flexibility index (Phi) is 7.04. The van der Waals surface area contributed by atoms with Crippen LogP contribution in [0.15, 0.2) is 42.9 Å². The topological polar surface area (TPSA) is 120 Å². The maximum atomic E-state index is 12.5. The van der Waals surface area contributed by atoms with Crippen molar-refractivity contribution in [3.05, 3.63) is 54.2 Å². The molecular formula is C22H26N6O4. The Morgan fingerprint density at radius 3 is 2.62 bits per heavy atom. The number of carbonyl (C=O) groups is 3. The van der Waals surface area contributed by atoms with Gasteiger partial charge in [-0.15, -0.1) is 0 Å². The molecule has 168 valence electrons. The van der Waals surface area contributed by atoms with Crippen LogP contribution in [0, 0.1) is 6.92 Å². The first kappa shape index (κ1) is 22.7. The van der Waals surface area contributed by atoms with Crippen molar-refractivity contribution >= 4 is 23.7 Å². The number of ether oxygens (including phenoxy) is 1. The number of hydrogen-bond acceptors (Lipinski definition) is 6. The molecule has 10 nitrogen and oxygen atoms in total. The van der Waals surface area contributed by atoms with E-state index in [1.807, 2.05) is 19.3 Å². The molecule has 2 N–H and O–H groups in total. The number of carbonyl (C=O) groups excluding carboxylic acids is 3. The van der Waals surface area contributed by atoms with Gasteiger partial charge in [0.05, 0.1) is 18.5 Å². The van der Waals surface area contributed by atoms with Gasteiger partial charge in [0.1, 0.15) is 5.82 Å². The predicted molar refractivity (Wildman–Crippen MR) is 118 cm³/mol. The van der Waals surface area contributed by atoms with Gasteiger partial charge in [0.15, 0.2) is 5.82 Å². The Hall–Kier alpha value is -3.95. The van der Waals surface area contributed by atoms with E-state index in [0.717, 1.165) is 11.1 Å². The molecule has 0 fully saturated rings. The minimum atomic E-state index is -0.564. The highest BCUT2D eigenvalue weighted by molar-refractivity contribution is 5.96. The van der Waals surface area contributed by atoms with Crippen LogP contribution in [0.1, 0.15) is 36.5 Å². The lowest BCUT2D eigenvalue weighted by Crippen LogP contribution is -2.27. The van der Waals surface area contributed by atoms with E-state index in [9.17, 15) is 14.4 Å². The number of aryl methyl sites for hydroxylation is 2. The number of rotatable bonds is 7. The molecule has 0 saturated carbocycles. The van der Waals surface area contributed by atoms with Gasteiger partial charge < -0.3 is 15.4 Å². The third-order valence-electron chi connectivity index (χ3n) is 4.48. The summed E-state index contributed by atoms with van der Waals surface area (Å²) in [7, 11) is 1.83. The minimum absolute atomic E-state index is 0.0520. The highest BCUT2D eigenvalue weighted by Crippen LogP contribution is 2.19. The van der Waals surface area contributed by atoms with Gasteiger partial charge in [0.25, 0.3) is 5.91 Å². The summed E-state index contributed by atoms with van der Waals surface area (Å²) in [5, 5.41) is 9.49. The van der Waals surface area contributed by atoms with Crippen LogP contribution in [0.25, 0.3) is 11.1 Å². The van der Waals surface area contributed by atoms with Crippen molar-refractivity contribution in [1.82, 2.24) is 24.6 Å². The van der Waals surface area contributed by atoms with Gasteiger partial charge in [-0.05, 0) is 38.5 Å². The van der Waals surface area contributed by atoms with E-state index in [2.05, 4.69) is 20.7 Å². The maximum absolute atomic E-state index is 12.5. The third kappa shape index (κ3) is 5.81.